The van der Waals surface area contributed by atoms with Crippen LogP contribution >= 0.6 is 0 Å². The third kappa shape index (κ3) is 1.66. The molecule has 2 amide bonds. The number of aromatic nitrogens is 2. The summed E-state index contributed by atoms with van der Waals surface area (Å²) >= 11 is 0. The number of pyridine rings is 1. The summed E-state index contributed by atoms with van der Waals surface area (Å²) in [6.07, 6.45) is 3.10. The molecular weight excluding hydrogens is 208 g/mol. The predicted octanol–water partition coefficient (Wildman–Crippen LogP) is 0.425. The number of hydrazine groups is 1. The maximum Gasteiger partial charge on any atom is 0.276 e. The quantitative estimate of drug-likeness (QED) is 0.412. The average molecular weight is 218 g/mol. The Morgan fingerprint density at radius 2 is 2.25 bits per heavy atom. The number of imide groups is 1. The number of aromatic amines is 1. The minimum absolute atomic E-state index is 0.282. The molecule has 0 bridgehead atoms. The fraction of sp³-hybridized carbons (Fsp3) is 0.100. The lowest BCUT2D eigenvalue weighted by atomic mass is 10.2. The molecule has 2 aromatic rings. The van der Waals surface area contributed by atoms with Gasteiger partial charge >= 0.3 is 0 Å². The molecule has 16 heavy (non-hydrogen) atoms. The molecule has 0 radical (unpaired) electrons. The number of carbonyl (C=O) groups excluding carboxylic acids is 2. The molecular formula is C10H10N4O2. The second-order valence-electron chi connectivity index (χ2n) is 3.33. The van der Waals surface area contributed by atoms with Gasteiger partial charge in [-0.15, -0.1) is 0 Å². The number of nitrogens with two attached hydrogens (primary N) is 1. The summed E-state index contributed by atoms with van der Waals surface area (Å²) in [5.74, 6) is 4.23. The molecule has 0 aliphatic heterocycles. The highest BCUT2D eigenvalue weighted by atomic mass is 16.2. The van der Waals surface area contributed by atoms with Crippen molar-refractivity contribution in [1.29, 1.82) is 0 Å². The van der Waals surface area contributed by atoms with Crippen molar-refractivity contribution in [3.63, 3.8) is 0 Å². The molecule has 2 heterocycles. The van der Waals surface area contributed by atoms with E-state index in [1.54, 1.807) is 18.3 Å². The minimum atomic E-state index is -0.567. The smallest absolute Gasteiger partial charge is 0.276 e. The Morgan fingerprint density at radius 3 is 2.94 bits per heavy atom. The van der Waals surface area contributed by atoms with E-state index in [-0.39, 0.29) is 5.56 Å². The molecule has 6 heteroatoms. The first kappa shape index (κ1) is 10.3. The maximum absolute atomic E-state index is 11.7. The zero-order chi connectivity index (χ0) is 11.7. The summed E-state index contributed by atoms with van der Waals surface area (Å²) in [6, 6.07) is 3.41. The van der Waals surface area contributed by atoms with Gasteiger partial charge in [0.1, 0.15) is 5.65 Å². The first-order chi connectivity index (χ1) is 7.59. The van der Waals surface area contributed by atoms with Gasteiger partial charge in [-0.1, -0.05) is 0 Å². The standard InChI is InChI=1S/C10H10N4O2/c1-6(15)14(11)10(16)8-4-7-2-3-12-9(7)13-5-8/h2-5H,11H2,1H3,(H,12,13). The number of carbonyl (C=O) groups is 2. The topological polar surface area (TPSA) is 92.1 Å². The second-order valence-corrected chi connectivity index (χ2v) is 3.33. The lowest BCUT2D eigenvalue weighted by molar-refractivity contribution is -0.126. The van der Waals surface area contributed by atoms with Gasteiger partial charge in [-0.25, -0.2) is 15.8 Å². The fourth-order valence-corrected chi connectivity index (χ4v) is 1.34. The van der Waals surface area contributed by atoms with Crippen molar-refractivity contribution in [3.8, 4) is 0 Å². The van der Waals surface area contributed by atoms with Crippen molar-refractivity contribution in [2.24, 2.45) is 5.84 Å². The monoisotopic (exact) mass is 218 g/mol. The molecule has 2 rings (SSSR count). The van der Waals surface area contributed by atoms with Gasteiger partial charge in [0, 0.05) is 24.7 Å². The number of fused-ring (bicyclic) bond motifs is 1. The van der Waals surface area contributed by atoms with Gasteiger partial charge in [0.2, 0.25) is 5.91 Å². The van der Waals surface area contributed by atoms with Gasteiger partial charge in [-0.3, -0.25) is 9.59 Å². The fourth-order valence-electron chi connectivity index (χ4n) is 1.34. The van der Waals surface area contributed by atoms with Crippen LogP contribution in [0.25, 0.3) is 11.0 Å². The first-order valence-corrected chi connectivity index (χ1v) is 4.62. The average Bonchev–Trinajstić information content (AvgIpc) is 2.73. The Labute approximate surface area is 91.0 Å². The van der Waals surface area contributed by atoms with Crippen LogP contribution in [0.15, 0.2) is 24.5 Å². The van der Waals surface area contributed by atoms with Crippen molar-refractivity contribution >= 4 is 22.8 Å². The van der Waals surface area contributed by atoms with Crippen molar-refractivity contribution in [2.75, 3.05) is 0 Å². The summed E-state index contributed by atoms with van der Waals surface area (Å²) in [5.41, 5.74) is 0.966. The Kier molecular flexibility index (Phi) is 2.41. The molecule has 0 spiro atoms. The van der Waals surface area contributed by atoms with Gasteiger partial charge < -0.3 is 4.98 Å². The van der Waals surface area contributed by atoms with Gasteiger partial charge in [-0.05, 0) is 12.1 Å². The lowest BCUT2D eigenvalue weighted by Crippen LogP contribution is -2.41. The molecule has 0 aromatic carbocycles. The molecule has 0 saturated carbocycles. The van der Waals surface area contributed by atoms with E-state index in [0.717, 1.165) is 5.39 Å². The van der Waals surface area contributed by atoms with E-state index in [2.05, 4.69) is 9.97 Å². The summed E-state index contributed by atoms with van der Waals surface area (Å²) in [4.78, 5) is 29.5. The van der Waals surface area contributed by atoms with E-state index in [1.807, 2.05) is 0 Å². The normalized spacial score (nSPS) is 10.4. The zero-order valence-corrected chi connectivity index (χ0v) is 8.60. The summed E-state index contributed by atoms with van der Waals surface area (Å²) in [5, 5.41) is 1.36. The molecule has 2 aromatic heterocycles. The van der Waals surface area contributed by atoms with Crippen molar-refractivity contribution in [3.05, 3.63) is 30.1 Å². The van der Waals surface area contributed by atoms with Gasteiger partial charge in [0.05, 0.1) is 5.56 Å². The SMILES string of the molecule is CC(=O)N(N)C(=O)c1cnc2[nH]ccc2c1. The Morgan fingerprint density at radius 1 is 1.50 bits per heavy atom. The van der Waals surface area contributed by atoms with Crippen molar-refractivity contribution in [1.82, 2.24) is 15.0 Å². The Bertz CT molecular complexity index is 561. The van der Waals surface area contributed by atoms with Gasteiger partial charge in [0.15, 0.2) is 0 Å². The molecule has 0 aliphatic carbocycles. The molecule has 0 saturated heterocycles. The van der Waals surface area contributed by atoms with Crippen LogP contribution in [0.1, 0.15) is 17.3 Å². The predicted molar refractivity (Wildman–Crippen MR) is 57.1 cm³/mol. The maximum atomic E-state index is 11.7. The van der Waals surface area contributed by atoms with E-state index < -0.39 is 11.8 Å². The highest BCUT2D eigenvalue weighted by Crippen LogP contribution is 2.12. The van der Waals surface area contributed by atoms with E-state index >= 15 is 0 Å². The van der Waals surface area contributed by atoms with Crippen molar-refractivity contribution < 1.29 is 9.59 Å². The lowest BCUT2D eigenvalue weighted by Gasteiger charge is -2.11. The number of nitrogens with one attached hydrogen (secondary N) is 1. The molecule has 0 unspecified atom stereocenters. The zero-order valence-electron chi connectivity index (χ0n) is 8.60. The molecule has 0 aliphatic rings. The molecule has 6 nitrogen and oxygen atoms in total. The highest BCUT2D eigenvalue weighted by molar-refractivity contribution is 6.04. The number of H-pyrrole nitrogens is 1. The minimum Gasteiger partial charge on any atom is -0.346 e. The number of amides is 2. The molecule has 82 valence electrons. The number of nitrogens with zero attached hydrogens (tertiary/aromatic N) is 2. The van der Waals surface area contributed by atoms with Crippen LogP contribution in [0.5, 0.6) is 0 Å². The van der Waals surface area contributed by atoms with Crippen molar-refractivity contribution in [2.45, 2.75) is 6.92 Å². The largest absolute Gasteiger partial charge is 0.346 e. The Hall–Kier alpha value is -2.21. The van der Waals surface area contributed by atoms with E-state index in [1.165, 1.54) is 13.1 Å². The third-order valence-electron chi connectivity index (χ3n) is 2.21. The van der Waals surface area contributed by atoms with E-state index in [9.17, 15) is 9.59 Å². The van der Waals surface area contributed by atoms with Crippen LogP contribution in [0, 0.1) is 0 Å². The highest BCUT2D eigenvalue weighted by Gasteiger charge is 2.16. The second kappa shape index (κ2) is 3.74. The first-order valence-electron chi connectivity index (χ1n) is 4.62. The van der Waals surface area contributed by atoms with Crippen LogP contribution in [0.3, 0.4) is 0 Å². The Balaban J connectivity index is 2.39. The number of rotatable bonds is 1. The van der Waals surface area contributed by atoms with E-state index in [4.69, 9.17) is 5.84 Å². The summed E-state index contributed by atoms with van der Waals surface area (Å²) in [6.45, 7) is 1.22. The van der Waals surface area contributed by atoms with Gasteiger partial charge in [0.25, 0.3) is 5.91 Å². The molecule has 0 fully saturated rings. The van der Waals surface area contributed by atoms with Crippen LogP contribution < -0.4 is 5.84 Å². The van der Waals surface area contributed by atoms with E-state index in [0.29, 0.717) is 10.7 Å². The van der Waals surface area contributed by atoms with Crippen LogP contribution in [-0.2, 0) is 4.79 Å². The van der Waals surface area contributed by atoms with Crippen LogP contribution in [0.2, 0.25) is 0 Å². The summed E-state index contributed by atoms with van der Waals surface area (Å²) < 4.78 is 0. The number of hydrogen-bond donors (Lipinski definition) is 2. The number of hydrogen-bond acceptors (Lipinski definition) is 4. The van der Waals surface area contributed by atoms with Gasteiger partial charge in [-0.2, -0.15) is 0 Å². The van der Waals surface area contributed by atoms with Crippen LogP contribution in [-0.4, -0.2) is 26.8 Å². The van der Waals surface area contributed by atoms with Crippen LogP contribution in [0.4, 0.5) is 0 Å². The molecule has 3 N–H and O–H groups in total. The summed E-state index contributed by atoms with van der Waals surface area (Å²) in [7, 11) is 0. The molecule has 0 atom stereocenters. The third-order valence-corrected chi connectivity index (χ3v) is 2.21.